The molecule has 4 rings (SSSR count). The van der Waals surface area contributed by atoms with Crippen LogP contribution in [0.1, 0.15) is 28.1 Å². The molecule has 0 spiro atoms. The highest BCUT2D eigenvalue weighted by molar-refractivity contribution is 7.12. The van der Waals surface area contributed by atoms with Crippen LogP contribution in [-0.4, -0.2) is 28.9 Å². The summed E-state index contributed by atoms with van der Waals surface area (Å²) in [6.07, 6.45) is 4.41. The van der Waals surface area contributed by atoms with Crippen molar-refractivity contribution in [1.29, 1.82) is 0 Å². The van der Waals surface area contributed by atoms with Crippen LogP contribution in [0.5, 0.6) is 0 Å². The second kappa shape index (κ2) is 6.72. The second-order valence-corrected chi connectivity index (χ2v) is 7.30. The number of para-hydroxylation sites is 1. The van der Waals surface area contributed by atoms with E-state index in [2.05, 4.69) is 15.6 Å². The minimum absolute atomic E-state index is 0.113. The monoisotopic (exact) mass is 353 g/mol. The van der Waals surface area contributed by atoms with Gasteiger partial charge in [0.25, 0.3) is 5.91 Å². The number of carbonyl (C=O) groups excluding carboxylic acids is 2. The Labute approximate surface area is 149 Å². The molecule has 5 nitrogen and oxygen atoms in total. The van der Waals surface area contributed by atoms with Gasteiger partial charge in [-0.3, -0.25) is 9.59 Å². The van der Waals surface area contributed by atoms with Crippen LogP contribution in [0.3, 0.4) is 0 Å². The number of rotatable bonds is 6. The van der Waals surface area contributed by atoms with E-state index in [1.54, 1.807) is 6.07 Å². The van der Waals surface area contributed by atoms with Gasteiger partial charge < -0.3 is 15.6 Å². The van der Waals surface area contributed by atoms with E-state index in [0.29, 0.717) is 11.3 Å². The van der Waals surface area contributed by atoms with Crippen LogP contribution in [0, 0.1) is 0 Å². The lowest BCUT2D eigenvalue weighted by Crippen LogP contribution is -2.48. The highest BCUT2D eigenvalue weighted by Crippen LogP contribution is 2.21. The molecule has 2 amide bonds. The van der Waals surface area contributed by atoms with Crippen LogP contribution >= 0.6 is 11.3 Å². The maximum atomic E-state index is 12.6. The van der Waals surface area contributed by atoms with E-state index >= 15 is 0 Å². The van der Waals surface area contributed by atoms with Gasteiger partial charge in [0.2, 0.25) is 5.91 Å². The van der Waals surface area contributed by atoms with Crippen LogP contribution in [0.25, 0.3) is 10.9 Å². The molecule has 0 unspecified atom stereocenters. The van der Waals surface area contributed by atoms with E-state index in [9.17, 15) is 9.59 Å². The number of benzene rings is 1. The molecule has 3 N–H and O–H groups in total. The first kappa shape index (κ1) is 15.9. The van der Waals surface area contributed by atoms with Crippen molar-refractivity contribution in [2.45, 2.75) is 31.3 Å². The Morgan fingerprint density at radius 1 is 1.20 bits per heavy atom. The SMILES string of the molecule is O=C(N[C@H](Cc1c[nH]c2ccccc12)C(=O)NC1CC1)c1cccs1. The fourth-order valence-corrected chi connectivity index (χ4v) is 3.52. The van der Waals surface area contributed by atoms with Gasteiger partial charge in [-0.2, -0.15) is 0 Å². The maximum absolute atomic E-state index is 12.6. The van der Waals surface area contributed by atoms with E-state index in [4.69, 9.17) is 0 Å². The average Bonchev–Trinajstić information content (AvgIpc) is 3.12. The Bertz CT molecular complexity index is 896. The van der Waals surface area contributed by atoms with Crippen molar-refractivity contribution in [3.63, 3.8) is 0 Å². The summed E-state index contributed by atoms with van der Waals surface area (Å²) in [6.45, 7) is 0. The van der Waals surface area contributed by atoms with Crippen LogP contribution < -0.4 is 10.6 Å². The van der Waals surface area contributed by atoms with Gasteiger partial charge >= 0.3 is 0 Å². The summed E-state index contributed by atoms with van der Waals surface area (Å²) >= 11 is 1.37. The molecule has 0 radical (unpaired) electrons. The third-order valence-corrected chi connectivity index (χ3v) is 5.26. The van der Waals surface area contributed by atoms with Crippen LogP contribution in [0.2, 0.25) is 0 Å². The Morgan fingerprint density at radius 3 is 2.80 bits per heavy atom. The number of carbonyl (C=O) groups is 2. The lowest BCUT2D eigenvalue weighted by atomic mass is 10.0. The number of hydrogen-bond acceptors (Lipinski definition) is 3. The summed E-state index contributed by atoms with van der Waals surface area (Å²) < 4.78 is 0. The topological polar surface area (TPSA) is 74.0 Å². The number of nitrogens with one attached hydrogen (secondary N) is 3. The number of H-pyrrole nitrogens is 1. The Hall–Kier alpha value is -2.60. The molecule has 0 bridgehead atoms. The molecule has 6 heteroatoms. The molecule has 0 aliphatic heterocycles. The van der Waals surface area contributed by atoms with Gasteiger partial charge in [0.1, 0.15) is 6.04 Å². The Kier molecular flexibility index (Phi) is 4.28. The minimum atomic E-state index is -0.589. The third-order valence-electron chi connectivity index (χ3n) is 4.39. The van der Waals surface area contributed by atoms with Gasteiger partial charge in [0.15, 0.2) is 0 Å². The van der Waals surface area contributed by atoms with E-state index in [-0.39, 0.29) is 17.9 Å². The molecular weight excluding hydrogens is 334 g/mol. The van der Waals surface area contributed by atoms with E-state index < -0.39 is 6.04 Å². The van der Waals surface area contributed by atoms with Crippen molar-refractivity contribution < 1.29 is 9.59 Å². The maximum Gasteiger partial charge on any atom is 0.262 e. The predicted molar refractivity (Wildman–Crippen MR) is 98.7 cm³/mol. The average molecular weight is 353 g/mol. The lowest BCUT2D eigenvalue weighted by molar-refractivity contribution is -0.123. The standard InChI is InChI=1S/C19H19N3O2S/c23-18(21-13-7-8-13)16(22-19(24)17-6-3-9-25-17)10-12-11-20-15-5-2-1-4-14(12)15/h1-6,9,11,13,16,20H,7-8,10H2,(H,21,23)(H,22,24)/t16-/m1/s1. The smallest absolute Gasteiger partial charge is 0.262 e. The van der Waals surface area contributed by atoms with Gasteiger partial charge in [-0.05, 0) is 35.9 Å². The molecule has 2 heterocycles. The van der Waals surface area contributed by atoms with Gasteiger partial charge in [-0.25, -0.2) is 0 Å². The summed E-state index contributed by atoms with van der Waals surface area (Å²) in [7, 11) is 0. The molecule has 25 heavy (non-hydrogen) atoms. The summed E-state index contributed by atoms with van der Waals surface area (Å²) in [5.41, 5.74) is 2.06. The Morgan fingerprint density at radius 2 is 2.04 bits per heavy atom. The minimum Gasteiger partial charge on any atom is -0.361 e. The van der Waals surface area contributed by atoms with Crippen molar-refractivity contribution in [2.75, 3.05) is 0 Å². The molecule has 1 atom stereocenters. The highest BCUT2D eigenvalue weighted by atomic mass is 32.1. The van der Waals surface area contributed by atoms with Crippen LogP contribution in [0.15, 0.2) is 48.0 Å². The first-order chi connectivity index (χ1) is 12.2. The number of hydrogen-bond donors (Lipinski definition) is 3. The molecule has 3 aromatic rings. The summed E-state index contributed by atoms with van der Waals surface area (Å²) in [6, 6.07) is 11.2. The van der Waals surface area contributed by atoms with Crippen LogP contribution in [-0.2, 0) is 11.2 Å². The molecule has 1 fully saturated rings. The highest BCUT2D eigenvalue weighted by Gasteiger charge is 2.29. The quantitative estimate of drug-likeness (QED) is 0.637. The number of thiophene rings is 1. The molecular formula is C19H19N3O2S. The first-order valence-electron chi connectivity index (χ1n) is 8.40. The Balaban J connectivity index is 1.55. The molecule has 1 aromatic carbocycles. The second-order valence-electron chi connectivity index (χ2n) is 6.35. The number of aromatic amines is 1. The fraction of sp³-hybridized carbons (Fsp3) is 0.263. The fourth-order valence-electron chi connectivity index (χ4n) is 2.90. The zero-order valence-corrected chi connectivity index (χ0v) is 14.4. The number of fused-ring (bicyclic) bond motifs is 1. The molecule has 2 aromatic heterocycles. The van der Waals surface area contributed by atoms with Gasteiger partial charge in [-0.15, -0.1) is 11.3 Å². The summed E-state index contributed by atoms with van der Waals surface area (Å²) in [4.78, 5) is 28.9. The molecule has 128 valence electrons. The zero-order valence-electron chi connectivity index (χ0n) is 13.6. The van der Waals surface area contributed by atoms with Crippen LogP contribution in [0.4, 0.5) is 0 Å². The zero-order chi connectivity index (χ0) is 17.2. The predicted octanol–water partition coefficient (Wildman–Crippen LogP) is 2.85. The van der Waals surface area contributed by atoms with E-state index in [0.717, 1.165) is 29.3 Å². The molecule has 1 saturated carbocycles. The van der Waals surface area contributed by atoms with Crippen molar-refractivity contribution in [3.05, 3.63) is 58.4 Å². The van der Waals surface area contributed by atoms with Gasteiger partial charge in [0, 0.05) is 29.6 Å². The molecule has 1 aliphatic rings. The van der Waals surface area contributed by atoms with Crippen molar-refractivity contribution in [3.8, 4) is 0 Å². The van der Waals surface area contributed by atoms with Crippen molar-refractivity contribution in [1.82, 2.24) is 15.6 Å². The first-order valence-corrected chi connectivity index (χ1v) is 9.28. The van der Waals surface area contributed by atoms with Crippen molar-refractivity contribution >= 4 is 34.1 Å². The molecule has 1 aliphatic carbocycles. The van der Waals surface area contributed by atoms with Gasteiger partial charge in [0.05, 0.1) is 4.88 Å². The van der Waals surface area contributed by atoms with Crippen molar-refractivity contribution in [2.24, 2.45) is 0 Å². The summed E-state index contributed by atoms with van der Waals surface area (Å²) in [5, 5.41) is 8.84. The number of amides is 2. The molecule has 0 saturated heterocycles. The largest absolute Gasteiger partial charge is 0.361 e. The number of aromatic nitrogens is 1. The van der Waals surface area contributed by atoms with Gasteiger partial charge in [-0.1, -0.05) is 24.3 Å². The lowest BCUT2D eigenvalue weighted by Gasteiger charge is -2.18. The van der Waals surface area contributed by atoms with E-state index in [1.165, 1.54) is 11.3 Å². The van der Waals surface area contributed by atoms with E-state index in [1.807, 2.05) is 41.9 Å². The summed E-state index contributed by atoms with van der Waals surface area (Å²) in [5.74, 6) is -0.316. The normalized spacial score (nSPS) is 15.0. The third kappa shape index (κ3) is 3.58.